The van der Waals surface area contributed by atoms with Gasteiger partial charge in [-0.1, -0.05) is 19.9 Å². The normalized spacial score (nSPS) is 18.5. The number of fused-ring (bicyclic) bond motifs is 4. The van der Waals surface area contributed by atoms with Crippen LogP contribution >= 0.6 is 0 Å². The maximum atomic E-state index is 15.2. The van der Waals surface area contributed by atoms with Crippen molar-refractivity contribution >= 4 is 17.5 Å². The number of halogens is 6. The van der Waals surface area contributed by atoms with Gasteiger partial charge in [0, 0.05) is 40.6 Å². The first-order chi connectivity index (χ1) is 22.3. The Morgan fingerprint density at radius 2 is 1.85 bits per heavy atom. The first kappa shape index (κ1) is 30.6. The van der Waals surface area contributed by atoms with E-state index in [2.05, 4.69) is 30.5 Å². The largest absolute Gasteiger partial charge is 0.383 e. The summed E-state index contributed by atoms with van der Waals surface area (Å²) >= 11 is 0. The Kier molecular flexibility index (Phi) is 7.20. The predicted molar refractivity (Wildman–Crippen MR) is 155 cm³/mol. The van der Waals surface area contributed by atoms with Gasteiger partial charge in [0.15, 0.2) is 0 Å². The third-order valence-electron chi connectivity index (χ3n) is 8.65. The number of hydrogen-bond acceptors (Lipinski definition) is 7. The number of carbonyl (C=O) groups is 1. The maximum Gasteiger partial charge on any atom is 0.293 e. The highest BCUT2D eigenvalue weighted by molar-refractivity contribution is 5.80. The number of carbonyl (C=O) groups excluding carboxylic acids is 1. The molecule has 1 unspecified atom stereocenters. The lowest BCUT2D eigenvalue weighted by Gasteiger charge is -2.23. The van der Waals surface area contributed by atoms with Crippen LogP contribution in [0.5, 0.6) is 0 Å². The van der Waals surface area contributed by atoms with Crippen LogP contribution in [0, 0.1) is 17.6 Å². The summed E-state index contributed by atoms with van der Waals surface area (Å²) in [6.45, 7) is 3.10. The molecule has 0 radical (unpaired) electrons. The second kappa shape index (κ2) is 11.1. The Labute approximate surface area is 263 Å². The van der Waals surface area contributed by atoms with Crippen molar-refractivity contribution in [3.05, 3.63) is 88.4 Å². The van der Waals surface area contributed by atoms with Crippen LogP contribution in [0.25, 0.3) is 16.9 Å². The molecule has 0 saturated heterocycles. The van der Waals surface area contributed by atoms with E-state index < -0.39 is 65.7 Å². The third kappa shape index (κ3) is 5.24. The van der Waals surface area contributed by atoms with Crippen LogP contribution in [0.3, 0.4) is 0 Å². The number of benzene rings is 1. The molecular formula is C31H27F6N9O. The van der Waals surface area contributed by atoms with Crippen LogP contribution in [0.15, 0.2) is 42.9 Å². The van der Waals surface area contributed by atoms with Crippen molar-refractivity contribution in [2.75, 3.05) is 5.73 Å². The van der Waals surface area contributed by atoms with Gasteiger partial charge in [0.05, 0.1) is 11.7 Å². The molecule has 1 fully saturated rings. The lowest BCUT2D eigenvalue weighted by Crippen LogP contribution is -2.35. The lowest BCUT2D eigenvalue weighted by atomic mass is 9.95. The number of nitrogens with two attached hydrogens (primary N) is 1. The molecule has 16 heteroatoms. The molecular weight excluding hydrogens is 628 g/mol. The zero-order valence-corrected chi connectivity index (χ0v) is 24.9. The van der Waals surface area contributed by atoms with E-state index in [0.717, 1.165) is 17.8 Å². The highest BCUT2D eigenvalue weighted by atomic mass is 19.3. The SMILES string of the molecule is CC(C)c1ccc(-c2c([C@H](Cc3cc(F)cc(F)c3)NC(=O)Cn3nc(C(F)F)c4c3C(F)(F)C3C[C@H]43)nc3ncnn3c2N)cn1. The van der Waals surface area contributed by atoms with Gasteiger partial charge in [-0.15, -0.1) is 0 Å². The molecule has 1 aromatic carbocycles. The number of nitrogens with one attached hydrogen (secondary N) is 1. The molecule has 3 atom stereocenters. The number of pyridine rings is 1. The van der Waals surface area contributed by atoms with E-state index in [4.69, 9.17) is 5.73 Å². The molecule has 0 aliphatic heterocycles. The Bertz CT molecular complexity index is 2000. The molecule has 0 spiro atoms. The van der Waals surface area contributed by atoms with Crippen molar-refractivity contribution < 1.29 is 31.1 Å². The molecule has 244 valence electrons. The molecule has 47 heavy (non-hydrogen) atoms. The minimum Gasteiger partial charge on any atom is -0.383 e. The van der Waals surface area contributed by atoms with E-state index >= 15 is 8.78 Å². The number of nitrogens with zero attached hydrogens (tertiary/aromatic N) is 7. The monoisotopic (exact) mass is 655 g/mol. The Morgan fingerprint density at radius 3 is 2.51 bits per heavy atom. The average Bonchev–Trinajstić information content (AvgIpc) is 3.39. The first-order valence-corrected chi connectivity index (χ1v) is 14.8. The number of alkyl halides is 4. The van der Waals surface area contributed by atoms with E-state index in [0.29, 0.717) is 16.3 Å². The van der Waals surface area contributed by atoms with Crippen molar-refractivity contribution in [2.45, 2.75) is 63.5 Å². The summed E-state index contributed by atoms with van der Waals surface area (Å²) in [5, 5.41) is 10.5. The van der Waals surface area contributed by atoms with Gasteiger partial charge in [-0.05, 0) is 48.4 Å². The summed E-state index contributed by atoms with van der Waals surface area (Å²) in [5.41, 5.74) is 6.66. The van der Waals surface area contributed by atoms with E-state index in [1.165, 1.54) is 10.8 Å². The van der Waals surface area contributed by atoms with Gasteiger partial charge in [-0.3, -0.25) is 14.5 Å². The van der Waals surface area contributed by atoms with E-state index in [1.54, 1.807) is 18.3 Å². The molecule has 7 rings (SSSR count). The fourth-order valence-electron chi connectivity index (χ4n) is 6.46. The summed E-state index contributed by atoms with van der Waals surface area (Å²) < 4.78 is 88.5. The van der Waals surface area contributed by atoms with Crippen LogP contribution in [0.2, 0.25) is 0 Å². The number of aromatic nitrogens is 7. The van der Waals surface area contributed by atoms with E-state index in [-0.39, 0.29) is 52.7 Å². The van der Waals surface area contributed by atoms with Crippen LogP contribution in [-0.2, 0) is 23.7 Å². The first-order valence-electron chi connectivity index (χ1n) is 14.8. The van der Waals surface area contributed by atoms with Crippen molar-refractivity contribution in [2.24, 2.45) is 5.92 Å². The fraction of sp³-hybridized carbons (Fsp3) is 0.355. The number of nitrogen functional groups attached to an aromatic ring is 1. The van der Waals surface area contributed by atoms with Crippen LogP contribution in [0.1, 0.15) is 78.5 Å². The number of hydrogen-bond donors (Lipinski definition) is 2. The van der Waals surface area contributed by atoms with Crippen LogP contribution < -0.4 is 11.1 Å². The summed E-state index contributed by atoms with van der Waals surface area (Å²) in [6.07, 6.45) is -0.508. The molecule has 4 heterocycles. The second-order valence-electron chi connectivity index (χ2n) is 12.1. The van der Waals surface area contributed by atoms with E-state index in [1.807, 2.05) is 13.8 Å². The highest BCUT2D eigenvalue weighted by Crippen LogP contribution is 2.68. The van der Waals surface area contributed by atoms with Crippen LogP contribution in [-0.4, -0.2) is 40.3 Å². The standard InChI is InChI=1S/C31H27F6N9O/c1-13(2)20-4-3-15(10-39-20)23-25(43-30-40-12-41-46(30)29(23)38)21(7-14-5-16(32)8-17(33)6-14)42-22(47)11-45-27-24(26(44-45)28(34)35)18-9-19(18)31(27,36)37/h3-6,8,10,12-13,18-19,21,28H,7,9,11,38H2,1-2H3,(H,42,47)/t18-,19?,21-/m0/s1. The average molecular weight is 656 g/mol. The van der Waals surface area contributed by atoms with Crippen molar-refractivity contribution in [1.82, 2.24) is 39.7 Å². The predicted octanol–water partition coefficient (Wildman–Crippen LogP) is 5.61. The maximum absolute atomic E-state index is 15.2. The number of amides is 1. The Balaban J connectivity index is 1.31. The van der Waals surface area contributed by atoms with Gasteiger partial charge in [-0.2, -0.15) is 28.5 Å². The minimum atomic E-state index is -3.43. The number of rotatable bonds is 9. The molecule has 1 amide bonds. The minimum absolute atomic E-state index is 0.0445. The molecule has 5 aromatic rings. The highest BCUT2D eigenvalue weighted by Gasteiger charge is 2.67. The third-order valence-corrected chi connectivity index (χ3v) is 8.65. The smallest absolute Gasteiger partial charge is 0.293 e. The lowest BCUT2D eigenvalue weighted by molar-refractivity contribution is -0.123. The topological polar surface area (TPSA) is 129 Å². The quantitative estimate of drug-likeness (QED) is 0.198. The van der Waals surface area contributed by atoms with E-state index in [9.17, 15) is 22.4 Å². The molecule has 3 N–H and O–H groups in total. The summed E-state index contributed by atoms with van der Waals surface area (Å²) in [4.78, 5) is 26.8. The summed E-state index contributed by atoms with van der Waals surface area (Å²) in [7, 11) is 0. The van der Waals surface area contributed by atoms with Crippen molar-refractivity contribution in [1.29, 1.82) is 0 Å². The molecule has 4 aromatic heterocycles. The van der Waals surface area contributed by atoms with Gasteiger partial charge in [0.25, 0.3) is 18.1 Å². The number of anilines is 1. The molecule has 1 saturated carbocycles. The van der Waals surface area contributed by atoms with Crippen molar-refractivity contribution in [3.63, 3.8) is 0 Å². The van der Waals surface area contributed by atoms with Gasteiger partial charge in [0.2, 0.25) is 5.91 Å². The van der Waals surface area contributed by atoms with Gasteiger partial charge >= 0.3 is 0 Å². The molecule has 0 bridgehead atoms. The summed E-state index contributed by atoms with van der Waals surface area (Å²) in [5.74, 6) is -7.70. The summed E-state index contributed by atoms with van der Waals surface area (Å²) in [6, 6.07) is 5.18. The molecule has 10 nitrogen and oxygen atoms in total. The second-order valence-corrected chi connectivity index (χ2v) is 12.1. The fourth-order valence-corrected chi connectivity index (χ4v) is 6.46. The Hall–Kier alpha value is -5.02. The van der Waals surface area contributed by atoms with Crippen LogP contribution in [0.4, 0.5) is 32.2 Å². The zero-order valence-electron chi connectivity index (χ0n) is 24.9. The molecule has 2 aliphatic rings. The van der Waals surface area contributed by atoms with Gasteiger partial charge in [-0.25, -0.2) is 22.5 Å². The molecule has 2 aliphatic carbocycles. The zero-order chi connectivity index (χ0) is 33.4. The van der Waals surface area contributed by atoms with Gasteiger partial charge < -0.3 is 11.1 Å². The van der Waals surface area contributed by atoms with Gasteiger partial charge in [0.1, 0.15) is 41.7 Å². The Morgan fingerprint density at radius 1 is 1.11 bits per heavy atom. The van der Waals surface area contributed by atoms with Crippen molar-refractivity contribution in [3.8, 4) is 11.1 Å².